The van der Waals surface area contributed by atoms with Gasteiger partial charge in [-0.1, -0.05) is 15.9 Å². The van der Waals surface area contributed by atoms with Crippen LogP contribution >= 0.6 is 27.5 Å². The van der Waals surface area contributed by atoms with E-state index in [1.165, 1.54) is 11.3 Å². The van der Waals surface area contributed by atoms with Crippen LogP contribution in [-0.2, 0) is 10.6 Å². The molecular formula is C12H15BrClNO. The van der Waals surface area contributed by atoms with E-state index in [-0.39, 0.29) is 0 Å². The summed E-state index contributed by atoms with van der Waals surface area (Å²) in [5.41, 5.74) is 2.40. The maximum Gasteiger partial charge on any atom is 0.0668 e. The van der Waals surface area contributed by atoms with Gasteiger partial charge >= 0.3 is 0 Å². The summed E-state index contributed by atoms with van der Waals surface area (Å²) >= 11 is 9.47. The molecule has 0 spiro atoms. The number of nitrogens with zero attached hydrogens (tertiary/aromatic N) is 1. The normalized spacial score (nSPS) is 21.2. The van der Waals surface area contributed by atoms with Gasteiger partial charge in [0.15, 0.2) is 0 Å². The number of benzene rings is 1. The van der Waals surface area contributed by atoms with Crippen LogP contribution in [-0.4, -0.2) is 25.8 Å². The van der Waals surface area contributed by atoms with Crippen molar-refractivity contribution >= 4 is 33.2 Å². The fraction of sp³-hybridized carbons (Fsp3) is 0.500. The zero-order valence-corrected chi connectivity index (χ0v) is 11.6. The minimum atomic E-state index is 0.414. The molecule has 1 saturated heterocycles. The molecule has 0 radical (unpaired) electrons. The largest absolute Gasteiger partial charge is 0.377 e. The van der Waals surface area contributed by atoms with E-state index in [4.69, 9.17) is 16.3 Å². The zero-order chi connectivity index (χ0) is 11.5. The van der Waals surface area contributed by atoms with Crippen molar-refractivity contribution in [2.24, 2.45) is 0 Å². The molecule has 0 bridgehead atoms. The molecule has 0 aromatic heterocycles. The highest BCUT2D eigenvalue weighted by Crippen LogP contribution is 2.28. The molecule has 1 atom stereocenters. The number of ether oxygens (including phenoxy) is 1. The van der Waals surface area contributed by atoms with Gasteiger partial charge in [0, 0.05) is 28.6 Å². The van der Waals surface area contributed by atoms with Gasteiger partial charge in [-0.2, -0.15) is 0 Å². The molecule has 88 valence electrons. The molecule has 16 heavy (non-hydrogen) atoms. The molecular weight excluding hydrogens is 289 g/mol. The highest BCUT2D eigenvalue weighted by Gasteiger charge is 2.21. The molecule has 1 fully saturated rings. The van der Waals surface area contributed by atoms with Gasteiger partial charge in [-0.25, -0.2) is 0 Å². The quantitative estimate of drug-likeness (QED) is 0.776. The second-order valence-corrected chi connectivity index (χ2v) is 5.21. The molecule has 0 N–H and O–H groups in total. The van der Waals surface area contributed by atoms with Crippen LogP contribution in [0.2, 0.25) is 0 Å². The lowest BCUT2D eigenvalue weighted by Gasteiger charge is -2.36. The molecule has 1 unspecified atom stereocenters. The van der Waals surface area contributed by atoms with Crippen LogP contribution in [0.15, 0.2) is 22.7 Å². The van der Waals surface area contributed by atoms with Gasteiger partial charge in [-0.15, -0.1) is 11.6 Å². The minimum Gasteiger partial charge on any atom is -0.377 e. The van der Waals surface area contributed by atoms with E-state index in [2.05, 4.69) is 46.0 Å². The summed E-state index contributed by atoms with van der Waals surface area (Å²) in [4.78, 5) is 2.37. The van der Waals surface area contributed by atoms with E-state index < -0.39 is 0 Å². The zero-order valence-electron chi connectivity index (χ0n) is 9.25. The van der Waals surface area contributed by atoms with Gasteiger partial charge in [-0.3, -0.25) is 0 Å². The Balaban J connectivity index is 2.30. The van der Waals surface area contributed by atoms with Gasteiger partial charge in [-0.05, 0) is 30.7 Å². The number of morpholine rings is 1. The summed E-state index contributed by atoms with van der Waals surface area (Å²) in [5.74, 6) is 0.541. The number of rotatable bonds is 2. The van der Waals surface area contributed by atoms with Crippen molar-refractivity contribution in [2.45, 2.75) is 18.8 Å². The van der Waals surface area contributed by atoms with Crippen LogP contribution in [0.1, 0.15) is 12.5 Å². The van der Waals surface area contributed by atoms with Crippen LogP contribution in [0.3, 0.4) is 0 Å². The van der Waals surface area contributed by atoms with Crippen LogP contribution in [0, 0.1) is 0 Å². The fourth-order valence-corrected chi connectivity index (χ4v) is 2.65. The van der Waals surface area contributed by atoms with Crippen molar-refractivity contribution in [2.75, 3.05) is 24.7 Å². The third-order valence-corrected chi connectivity index (χ3v) is 3.64. The van der Waals surface area contributed by atoms with E-state index in [1.807, 2.05) is 0 Å². The third-order valence-electron chi connectivity index (χ3n) is 2.86. The van der Waals surface area contributed by atoms with Crippen LogP contribution in [0.4, 0.5) is 5.69 Å². The Morgan fingerprint density at radius 1 is 1.56 bits per heavy atom. The number of hydrogen-bond donors (Lipinski definition) is 0. The van der Waals surface area contributed by atoms with Crippen molar-refractivity contribution < 1.29 is 4.74 Å². The van der Waals surface area contributed by atoms with E-state index in [9.17, 15) is 0 Å². The molecule has 1 aromatic rings. The Hall–Kier alpha value is -0.250. The average Bonchev–Trinajstić information content (AvgIpc) is 2.30. The van der Waals surface area contributed by atoms with Gasteiger partial charge in [0.05, 0.1) is 13.2 Å². The molecule has 2 rings (SSSR count). The lowest BCUT2D eigenvalue weighted by Crippen LogP contribution is -2.44. The summed E-state index contributed by atoms with van der Waals surface area (Å²) in [5, 5.41) is 0. The maximum absolute atomic E-state index is 5.99. The van der Waals surface area contributed by atoms with Gasteiger partial charge in [0.25, 0.3) is 0 Å². The molecule has 4 heteroatoms. The Morgan fingerprint density at radius 3 is 3.06 bits per heavy atom. The summed E-state index contributed by atoms with van der Waals surface area (Å²) in [7, 11) is 0. The summed E-state index contributed by atoms with van der Waals surface area (Å²) in [6.45, 7) is 4.70. The fourth-order valence-electron chi connectivity index (χ4n) is 2.03. The molecule has 1 heterocycles. The molecule has 1 aliphatic heterocycles. The number of anilines is 1. The molecule has 2 nitrogen and oxygen atoms in total. The molecule has 1 aromatic carbocycles. The minimum absolute atomic E-state index is 0.414. The monoisotopic (exact) mass is 303 g/mol. The first-order valence-electron chi connectivity index (χ1n) is 5.41. The summed E-state index contributed by atoms with van der Waals surface area (Å²) in [6.07, 6.45) is 0. The Bertz CT molecular complexity index is 372. The van der Waals surface area contributed by atoms with E-state index in [0.29, 0.717) is 11.9 Å². The molecule has 1 aliphatic rings. The van der Waals surface area contributed by atoms with E-state index in [1.54, 1.807) is 0 Å². The summed E-state index contributed by atoms with van der Waals surface area (Å²) < 4.78 is 6.52. The highest BCUT2D eigenvalue weighted by molar-refractivity contribution is 9.10. The van der Waals surface area contributed by atoms with Gasteiger partial charge in [0.2, 0.25) is 0 Å². The molecule has 0 aliphatic carbocycles. The number of halogens is 2. The Kier molecular flexibility index (Phi) is 4.11. The third kappa shape index (κ3) is 2.53. The van der Waals surface area contributed by atoms with Crippen molar-refractivity contribution in [1.82, 2.24) is 0 Å². The second kappa shape index (κ2) is 5.39. The van der Waals surface area contributed by atoms with Gasteiger partial charge in [0.1, 0.15) is 0 Å². The standard InChI is InChI=1S/C12H15BrClNO/c1-9-8-16-5-4-15(9)12-3-2-11(13)6-10(12)7-14/h2-3,6,9H,4-5,7-8H2,1H3. The lowest BCUT2D eigenvalue weighted by molar-refractivity contribution is 0.0989. The Morgan fingerprint density at radius 2 is 2.38 bits per heavy atom. The molecule has 0 saturated carbocycles. The van der Waals surface area contributed by atoms with Crippen molar-refractivity contribution in [3.05, 3.63) is 28.2 Å². The van der Waals surface area contributed by atoms with Crippen LogP contribution in [0.5, 0.6) is 0 Å². The van der Waals surface area contributed by atoms with Gasteiger partial charge < -0.3 is 9.64 Å². The first-order valence-corrected chi connectivity index (χ1v) is 6.74. The topological polar surface area (TPSA) is 12.5 Å². The SMILES string of the molecule is CC1COCCN1c1ccc(Br)cc1CCl. The predicted octanol–water partition coefficient (Wildman–Crippen LogP) is 3.41. The first-order chi connectivity index (χ1) is 7.72. The van der Waals surface area contributed by atoms with Crippen LogP contribution < -0.4 is 4.90 Å². The maximum atomic E-state index is 5.99. The Labute approximate surface area is 110 Å². The van der Waals surface area contributed by atoms with Crippen molar-refractivity contribution in [3.8, 4) is 0 Å². The van der Waals surface area contributed by atoms with Crippen LogP contribution in [0.25, 0.3) is 0 Å². The highest BCUT2D eigenvalue weighted by atomic mass is 79.9. The summed E-state index contributed by atoms with van der Waals surface area (Å²) in [6, 6.07) is 6.69. The van der Waals surface area contributed by atoms with Crippen molar-refractivity contribution in [1.29, 1.82) is 0 Å². The van der Waals surface area contributed by atoms with E-state index in [0.717, 1.165) is 24.2 Å². The first kappa shape index (κ1) is 12.2. The number of hydrogen-bond acceptors (Lipinski definition) is 2. The molecule has 0 amide bonds. The van der Waals surface area contributed by atoms with E-state index >= 15 is 0 Å². The smallest absolute Gasteiger partial charge is 0.0668 e. The second-order valence-electron chi connectivity index (χ2n) is 4.02. The van der Waals surface area contributed by atoms with Crippen molar-refractivity contribution in [3.63, 3.8) is 0 Å². The lowest BCUT2D eigenvalue weighted by atomic mass is 10.1. The average molecular weight is 305 g/mol. The number of alkyl halides is 1. The predicted molar refractivity (Wildman–Crippen MR) is 71.3 cm³/mol.